The molecule has 0 aromatic heterocycles. The second-order valence-electron chi connectivity index (χ2n) is 9.90. The zero-order valence-corrected chi connectivity index (χ0v) is 18.2. The largest absolute Gasteiger partial charge is 0.507 e. The predicted octanol–water partition coefficient (Wildman–Crippen LogP) is 2.87. The van der Waals surface area contributed by atoms with E-state index in [4.69, 9.17) is 11.5 Å². The molecule has 1 unspecified atom stereocenters. The molecule has 3 saturated carbocycles. The summed E-state index contributed by atoms with van der Waals surface area (Å²) in [6.07, 6.45) is 1.89. The van der Waals surface area contributed by atoms with Crippen molar-refractivity contribution in [2.75, 3.05) is 19.6 Å². The minimum Gasteiger partial charge on any atom is -0.507 e. The molecular formula is C23H31F3N4O2. The molecule has 1 atom stereocenters. The number of nitrogens with zero attached hydrogens (tertiary/aromatic N) is 1. The van der Waals surface area contributed by atoms with Gasteiger partial charge >= 0.3 is 6.18 Å². The van der Waals surface area contributed by atoms with Crippen molar-refractivity contribution in [3.05, 3.63) is 46.8 Å². The van der Waals surface area contributed by atoms with Gasteiger partial charge < -0.3 is 31.9 Å². The lowest BCUT2D eigenvalue weighted by Crippen LogP contribution is -2.70. The third-order valence-electron chi connectivity index (χ3n) is 6.96. The number of alkyl halides is 3. The summed E-state index contributed by atoms with van der Waals surface area (Å²) in [6.45, 7) is 4.62. The Labute approximate surface area is 185 Å². The van der Waals surface area contributed by atoms with Crippen LogP contribution in [0.25, 0.3) is 5.70 Å². The van der Waals surface area contributed by atoms with Crippen molar-refractivity contribution in [1.29, 1.82) is 0 Å². The van der Waals surface area contributed by atoms with Crippen molar-refractivity contribution in [3.8, 4) is 5.75 Å². The smallest absolute Gasteiger partial charge is 0.416 e. The van der Waals surface area contributed by atoms with Gasteiger partial charge in [0.05, 0.1) is 17.0 Å². The van der Waals surface area contributed by atoms with Crippen LogP contribution in [-0.2, 0) is 6.18 Å². The number of aliphatic hydroxyl groups is 1. The summed E-state index contributed by atoms with van der Waals surface area (Å²) >= 11 is 0. The summed E-state index contributed by atoms with van der Waals surface area (Å²) < 4.78 is 38.4. The van der Waals surface area contributed by atoms with Gasteiger partial charge in [-0.15, -0.1) is 0 Å². The number of phenols is 1. The SMILES string of the molecule is CC(/C=C(\N)NC1CCCN(CC23CC(O)(C2)C3)C1)=C(/N)c1ccc(C(F)(F)F)cc1O. The maximum atomic E-state index is 12.8. The van der Waals surface area contributed by atoms with E-state index in [1.54, 1.807) is 13.0 Å². The molecule has 3 aliphatic carbocycles. The molecule has 0 amide bonds. The van der Waals surface area contributed by atoms with E-state index in [9.17, 15) is 23.4 Å². The normalized spacial score (nSPS) is 31.4. The van der Waals surface area contributed by atoms with Gasteiger partial charge in [0.15, 0.2) is 0 Å². The number of nitrogens with one attached hydrogen (secondary N) is 1. The molecule has 176 valence electrons. The van der Waals surface area contributed by atoms with E-state index in [1.165, 1.54) is 0 Å². The first-order chi connectivity index (χ1) is 14.9. The zero-order chi connectivity index (χ0) is 23.3. The molecule has 7 N–H and O–H groups in total. The average molecular weight is 453 g/mol. The quantitative estimate of drug-likeness (QED) is 0.425. The molecular weight excluding hydrogens is 421 g/mol. The zero-order valence-electron chi connectivity index (χ0n) is 18.2. The standard InChI is InChI=1S/C23H31F3N4O2/c1-14(20(28)17-5-4-15(8-18(17)31)23(24,25)26)7-19(27)29-16-3-2-6-30(9-16)13-21-10-22(32,11-21)12-21/h4-5,7-8,16,29,31-32H,2-3,6,9-13,27-28H2,1H3/b19-7+,20-14-. The minimum atomic E-state index is -4.54. The number of benzene rings is 1. The van der Waals surface area contributed by atoms with Crippen molar-refractivity contribution < 1.29 is 23.4 Å². The maximum absolute atomic E-state index is 12.8. The second kappa shape index (κ2) is 7.88. The van der Waals surface area contributed by atoms with Crippen LogP contribution in [0.4, 0.5) is 13.2 Å². The molecule has 9 heteroatoms. The summed E-state index contributed by atoms with van der Waals surface area (Å²) in [4.78, 5) is 2.44. The van der Waals surface area contributed by atoms with Crippen molar-refractivity contribution in [2.24, 2.45) is 16.9 Å². The van der Waals surface area contributed by atoms with E-state index in [0.29, 0.717) is 22.9 Å². The summed E-state index contributed by atoms with van der Waals surface area (Å²) in [5.74, 6) is -0.110. The van der Waals surface area contributed by atoms with Crippen LogP contribution >= 0.6 is 0 Å². The van der Waals surface area contributed by atoms with Gasteiger partial charge in [0.1, 0.15) is 5.75 Å². The molecule has 6 nitrogen and oxygen atoms in total. The summed E-state index contributed by atoms with van der Waals surface area (Å²) in [5.41, 5.74) is 12.1. The van der Waals surface area contributed by atoms with Gasteiger partial charge in [0.2, 0.25) is 0 Å². The Morgan fingerprint density at radius 3 is 2.56 bits per heavy atom. The van der Waals surface area contributed by atoms with Crippen molar-refractivity contribution in [3.63, 3.8) is 0 Å². The Morgan fingerprint density at radius 1 is 1.28 bits per heavy atom. The van der Waals surface area contributed by atoms with Crippen molar-refractivity contribution >= 4 is 5.70 Å². The van der Waals surface area contributed by atoms with Gasteiger partial charge in [-0.3, -0.25) is 0 Å². The highest BCUT2D eigenvalue weighted by molar-refractivity contribution is 5.72. The van der Waals surface area contributed by atoms with E-state index in [2.05, 4.69) is 10.2 Å². The van der Waals surface area contributed by atoms with Gasteiger partial charge in [-0.25, -0.2) is 0 Å². The third kappa shape index (κ3) is 4.54. The molecule has 32 heavy (non-hydrogen) atoms. The fourth-order valence-corrected chi connectivity index (χ4v) is 5.63. The maximum Gasteiger partial charge on any atom is 0.416 e. The molecule has 5 rings (SSSR count). The number of hydrogen-bond donors (Lipinski definition) is 5. The molecule has 4 aliphatic rings. The number of aromatic hydroxyl groups is 1. The minimum absolute atomic E-state index is 0.128. The molecule has 0 radical (unpaired) electrons. The number of rotatable bonds is 6. The van der Waals surface area contributed by atoms with E-state index in [1.807, 2.05) is 0 Å². The topological polar surface area (TPSA) is 108 Å². The van der Waals surface area contributed by atoms with Gasteiger partial charge in [-0.05, 0) is 80.8 Å². The number of nitrogens with two attached hydrogens (primary N) is 2. The number of allylic oxidation sites excluding steroid dienone is 2. The van der Waals surface area contributed by atoms with E-state index in [0.717, 1.165) is 63.9 Å². The fraction of sp³-hybridized carbons (Fsp3) is 0.565. The average Bonchev–Trinajstić information content (AvgIpc) is 2.64. The van der Waals surface area contributed by atoms with Crippen LogP contribution < -0.4 is 16.8 Å². The van der Waals surface area contributed by atoms with Gasteiger partial charge in [-0.1, -0.05) is 0 Å². The molecule has 1 aliphatic heterocycles. The van der Waals surface area contributed by atoms with Crippen LogP contribution in [0.15, 0.2) is 35.7 Å². The Hall–Kier alpha value is -2.39. The first kappa shape index (κ1) is 22.8. The lowest BCUT2D eigenvalue weighted by molar-refractivity contribution is -0.265. The van der Waals surface area contributed by atoms with Crippen molar-refractivity contribution in [2.45, 2.75) is 56.8 Å². The highest BCUT2D eigenvalue weighted by Gasteiger charge is 2.67. The summed E-state index contributed by atoms with van der Waals surface area (Å²) in [6, 6.07) is 2.90. The lowest BCUT2D eigenvalue weighted by Gasteiger charge is -2.69. The second-order valence-corrected chi connectivity index (χ2v) is 9.90. The lowest BCUT2D eigenvalue weighted by atomic mass is 9.41. The van der Waals surface area contributed by atoms with Gasteiger partial charge in [0, 0.05) is 30.4 Å². The Morgan fingerprint density at radius 2 is 1.97 bits per heavy atom. The predicted molar refractivity (Wildman–Crippen MR) is 116 cm³/mol. The molecule has 0 spiro atoms. The summed E-state index contributed by atoms with van der Waals surface area (Å²) in [7, 11) is 0. The van der Waals surface area contributed by atoms with Crippen LogP contribution in [0, 0.1) is 5.41 Å². The Kier molecular flexibility index (Phi) is 5.61. The fourth-order valence-electron chi connectivity index (χ4n) is 5.63. The number of piperidine rings is 1. The van der Waals surface area contributed by atoms with Crippen LogP contribution in [0.1, 0.15) is 50.2 Å². The highest BCUT2D eigenvalue weighted by Crippen LogP contribution is 2.67. The van der Waals surface area contributed by atoms with E-state index in [-0.39, 0.29) is 22.9 Å². The molecule has 1 aromatic rings. The monoisotopic (exact) mass is 452 g/mol. The molecule has 1 aromatic carbocycles. The number of halogens is 3. The van der Waals surface area contributed by atoms with E-state index >= 15 is 0 Å². The Balaban J connectivity index is 1.38. The number of phenolic OH excluding ortho intramolecular Hbond substituents is 1. The molecule has 4 fully saturated rings. The first-order valence-electron chi connectivity index (χ1n) is 10.9. The molecule has 2 bridgehead atoms. The third-order valence-corrected chi connectivity index (χ3v) is 6.96. The molecule has 1 heterocycles. The number of hydrogen-bond acceptors (Lipinski definition) is 6. The first-order valence-corrected chi connectivity index (χ1v) is 10.9. The Bertz CT molecular complexity index is 937. The van der Waals surface area contributed by atoms with Gasteiger partial charge in [0.25, 0.3) is 0 Å². The van der Waals surface area contributed by atoms with Crippen LogP contribution in [0.3, 0.4) is 0 Å². The van der Waals surface area contributed by atoms with Crippen molar-refractivity contribution in [1.82, 2.24) is 10.2 Å². The van der Waals surface area contributed by atoms with Crippen LogP contribution in [0.2, 0.25) is 0 Å². The number of likely N-dealkylation sites (tertiary alicyclic amines) is 1. The van der Waals surface area contributed by atoms with Crippen LogP contribution in [0.5, 0.6) is 5.75 Å². The highest BCUT2D eigenvalue weighted by atomic mass is 19.4. The van der Waals surface area contributed by atoms with Gasteiger partial charge in [-0.2, -0.15) is 13.2 Å². The summed E-state index contributed by atoms with van der Waals surface area (Å²) in [5, 5.41) is 23.3. The van der Waals surface area contributed by atoms with Crippen LogP contribution in [-0.4, -0.2) is 46.4 Å². The molecule has 1 saturated heterocycles. The van der Waals surface area contributed by atoms with E-state index < -0.39 is 17.5 Å².